The molecule has 1 aliphatic heterocycles. The maximum Gasteiger partial charge on any atom is 0.339 e. The van der Waals surface area contributed by atoms with Crippen LogP contribution in [0, 0.1) is 0 Å². The summed E-state index contributed by atoms with van der Waals surface area (Å²) in [6.45, 7) is 2.73. The molecule has 5 heteroatoms. The van der Waals surface area contributed by atoms with Crippen molar-refractivity contribution in [2.45, 2.75) is 44.4 Å². The third-order valence-electron chi connectivity index (χ3n) is 5.76. The zero-order valence-corrected chi connectivity index (χ0v) is 16.8. The van der Waals surface area contributed by atoms with Gasteiger partial charge in [0.2, 0.25) is 0 Å². The second-order valence-corrected chi connectivity index (χ2v) is 8.23. The van der Waals surface area contributed by atoms with Crippen molar-refractivity contribution in [1.29, 1.82) is 0 Å². The molecule has 1 aliphatic carbocycles. The summed E-state index contributed by atoms with van der Waals surface area (Å²) < 4.78 is 11.4. The second kappa shape index (κ2) is 7.37. The van der Waals surface area contributed by atoms with Crippen molar-refractivity contribution in [1.82, 2.24) is 0 Å². The van der Waals surface area contributed by atoms with Gasteiger partial charge in [-0.25, -0.2) is 4.79 Å². The zero-order chi connectivity index (χ0) is 19.0. The van der Waals surface area contributed by atoms with Gasteiger partial charge in [-0.2, -0.15) is 0 Å². The van der Waals surface area contributed by atoms with Gasteiger partial charge in [-0.1, -0.05) is 29.3 Å². The first-order valence-corrected chi connectivity index (χ1v) is 10.2. The molecule has 1 spiro atoms. The Bertz CT molecular complexity index is 893. The average Bonchev–Trinajstić information content (AvgIpc) is 2.82. The first kappa shape index (κ1) is 18.6. The molecule has 0 fully saturated rings. The van der Waals surface area contributed by atoms with E-state index in [9.17, 15) is 4.79 Å². The minimum absolute atomic E-state index is 0.0201. The van der Waals surface area contributed by atoms with Gasteiger partial charge >= 0.3 is 5.97 Å². The number of halogens is 2. The summed E-state index contributed by atoms with van der Waals surface area (Å²) >= 11 is 12.5. The predicted molar refractivity (Wildman–Crippen MR) is 107 cm³/mol. The van der Waals surface area contributed by atoms with E-state index in [-0.39, 0.29) is 11.4 Å². The molecule has 0 saturated carbocycles. The number of fused-ring (bicyclic) bond motifs is 3. The van der Waals surface area contributed by atoms with Crippen molar-refractivity contribution in [3.05, 3.63) is 62.6 Å². The van der Waals surface area contributed by atoms with Gasteiger partial charge in [0.05, 0.1) is 23.8 Å². The molecule has 1 atom stereocenters. The van der Waals surface area contributed by atoms with Crippen molar-refractivity contribution in [3.8, 4) is 5.75 Å². The number of aryl methyl sites for hydroxylation is 2. The van der Waals surface area contributed by atoms with E-state index < -0.39 is 0 Å². The topological polar surface area (TPSA) is 35.5 Å². The molecule has 27 heavy (non-hydrogen) atoms. The molecule has 0 N–H and O–H groups in total. The van der Waals surface area contributed by atoms with Crippen LogP contribution in [0.1, 0.15) is 53.2 Å². The van der Waals surface area contributed by atoms with Gasteiger partial charge in [-0.15, -0.1) is 0 Å². The Kier molecular flexibility index (Phi) is 5.09. The quantitative estimate of drug-likeness (QED) is 0.595. The number of esters is 1. The lowest BCUT2D eigenvalue weighted by atomic mass is 9.68. The number of hydrogen-bond acceptors (Lipinski definition) is 3. The van der Waals surface area contributed by atoms with Gasteiger partial charge in [-0.3, -0.25) is 0 Å². The molecule has 142 valence electrons. The first-order valence-electron chi connectivity index (χ1n) is 9.44. The molecule has 0 aromatic heterocycles. The van der Waals surface area contributed by atoms with Crippen LogP contribution < -0.4 is 4.74 Å². The van der Waals surface area contributed by atoms with Crippen LogP contribution in [0.15, 0.2) is 30.3 Å². The summed E-state index contributed by atoms with van der Waals surface area (Å²) in [4.78, 5) is 12.2. The molecule has 4 rings (SSSR count). The largest absolute Gasteiger partial charge is 0.492 e. The molecule has 0 bridgehead atoms. The lowest BCUT2D eigenvalue weighted by molar-refractivity contribution is 0.0526. The van der Waals surface area contributed by atoms with E-state index >= 15 is 0 Å². The fourth-order valence-corrected chi connectivity index (χ4v) is 4.83. The fraction of sp³-hybridized carbons (Fsp3) is 0.409. The first-order chi connectivity index (χ1) is 13.0. The smallest absolute Gasteiger partial charge is 0.339 e. The van der Waals surface area contributed by atoms with Gasteiger partial charge in [-0.05, 0) is 80.0 Å². The van der Waals surface area contributed by atoms with Gasteiger partial charge in [0, 0.05) is 10.4 Å². The lowest BCUT2D eigenvalue weighted by Crippen LogP contribution is -2.36. The molecular formula is C22H22Cl2O3. The number of benzene rings is 2. The fourth-order valence-electron chi connectivity index (χ4n) is 4.40. The summed E-state index contributed by atoms with van der Waals surface area (Å²) in [5, 5.41) is 1.16. The highest BCUT2D eigenvalue weighted by atomic mass is 35.5. The van der Waals surface area contributed by atoms with Crippen molar-refractivity contribution in [3.63, 3.8) is 0 Å². The van der Waals surface area contributed by atoms with Crippen LogP contribution in [0.3, 0.4) is 0 Å². The Morgan fingerprint density at radius 1 is 1.15 bits per heavy atom. The van der Waals surface area contributed by atoms with E-state index in [4.69, 9.17) is 32.7 Å². The number of rotatable bonds is 2. The van der Waals surface area contributed by atoms with E-state index in [2.05, 4.69) is 12.1 Å². The second-order valence-electron chi connectivity index (χ2n) is 7.38. The Balaban J connectivity index is 1.68. The molecule has 3 nitrogen and oxygen atoms in total. The minimum atomic E-state index is -0.387. The van der Waals surface area contributed by atoms with Crippen LogP contribution in [0.4, 0.5) is 0 Å². The molecule has 0 radical (unpaired) electrons. The Hall–Kier alpha value is -1.71. The highest BCUT2D eigenvalue weighted by Gasteiger charge is 2.39. The highest BCUT2D eigenvalue weighted by molar-refractivity contribution is 6.33. The van der Waals surface area contributed by atoms with Crippen molar-refractivity contribution in [2.75, 3.05) is 13.2 Å². The van der Waals surface area contributed by atoms with E-state index in [1.54, 1.807) is 13.0 Å². The van der Waals surface area contributed by atoms with Gasteiger partial charge < -0.3 is 9.47 Å². The molecule has 0 saturated heterocycles. The summed E-state index contributed by atoms with van der Waals surface area (Å²) in [6.07, 6.45) is 5.08. The standard InChI is InChI=1S/C22H22Cl2O3/c1-2-26-21(25)17-11-15-7-9-22(13-27-20(15)12-19(17)24)8-3-4-14-10-16(23)5-6-18(14)22/h5-6,10-12H,2-4,7-9,13H2,1H3/t22-/m0/s1. The summed E-state index contributed by atoms with van der Waals surface area (Å²) in [6, 6.07) is 9.81. The lowest BCUT2D eigenvalue weighted by Gasteiger charge is -2.38. The predicted octanol–water partition coefficient (Wildman–Crippen LogP) is 5.77. The summed E-state index contributed by atoms with van der Waals surface area (Å²) in [7, 11) is 0. The maximum atomic E-state index is 12.2. The van der Waals surface area contributed by atoms with Crippen LogP contribution in [-0.4, -0.2) is 19.2 Å². The van der Waals surface area contributed by atoms with Gasteiger partial charge in [0.25, 0.3) is 0 Å². The number of ether oxygens (including phenoxy) is 2. The van der Waals surface area contributed by atoms with Gasteiger partial charge in [0.15, 0.2) is 0 Å². The van der Waals surface area contributed by atoms with Crippen LogP contribution in [0.2, 0.25) is 10.0 Å². The SMILES string of the molecule is CCOC(=O)c1cc2c(cc1Cl)OC[C@]1(CCCc3cc(Cl)ccc31)CC2. The van der Waals surface area contributed by atoms with Crippen LogP contribution in [0.25, 0.3) is 0 Å². The maximum absolute atomic E-state index is 12.2. The molecule has 2 aromatic rings. The number of carbonyl (C=O) groups is 1. The number of carbonyl (C=O) groups excluding carboxylic acids is 1. The van der Waals surface area contributed by atoms with E-state index in [1.165, 1.54) is 11.1 Å². The third-order valence-corrected chi connectivity index (χ3v) is 6.31. The van der Waals surface area contributed by atoms with E-state index in [0.717, 1.165) is 48.4 Å². The van der Waals surface area contributed by atoms with Crippen molar-refractivity contribution >= 4 is 29.2 Å². The number of hydrogen-bond donors (Lipinski definition) is 0. The zero-order valence-electron chi connectivity index (χ0n) is 15.3. The average molecular weight is 405 g/mol. The molecule has 2 aliphatic rings. The third kappa shape index (κ3) is 3.43. The Morgan fingerprint density at radius 2 is 2.00 bits per heavy atom. The molecule has 2 aromatic carbocycles. The minimum Gasteiger partial charge on any atom is -0.492 e. The van der Waals surface area contributed by atoms with Crippen LogP contribution in [-0.2, 0) is 23.0 Å². The van der Waals surface area contributed by atoms with Crippen molar-refractivity contribution in [2.24, 2.45) is 0 Å². The Labute approximate surface area is 169 Å². The summed E-state index contributed by atoms with van der Waals surface area (Å²) in [5.41, 5.74) is 4.08. The highest BCUT2D eigenvalue weighted by Crippen LogP contribution is 2.45. The van der Waals surface area contributed by atoms with Crippen LogP contribution in [0.5, 0.6) is 5.75 Å². The molecule has 1 heterocycles. The van der Waals surface area contributed by atoms with Gasteiger partial charge in [0.1, 0.15) is 5.75 Å². The van der Waals surface area contributed by atoms with Crippen LogP contribution >= 0.6 is 23.2 Å². The van der Waals surface area contributed by atoms with E-state index in [1.807, 2.05) is 12.1 Å². The van der Waals surface area contributed by atoms with E-state index in [0.29, 0.717) is 23.8 Å². The monoisotopic (exact) mass is 404 g/mol. The molecular weight excluding hydrogens is 383 g/mol. The summed E-state index contributed by atoms with van der Waals surface area (Å²) in [5.74, 6) is 0.382. The normalized spacial score (nSPS) is 21.0. The van der Waals surface area contributed by atoms with Crippen molar-refractivity contribution < 1.29 is 14.3 Å². The molecule has 0 amide bonds. The Morgan fingerprint density at radius 3 is 2.81 bits per heavy atom. The molecule has 0 unspecified atom stereocenters.